The van der Waals surface area contributed by atoms with Gasteiger partial charge in [-0.15, -0.1) is 0 Å². The average molecular weight is 193 g/mol. The third kappa shape index (κ3) is 3.51. The van der Waals surface area contributed by atoms with Gasteiger partial charge in [0.2, 0.25) is 0 Å². The van der Waals surface area contributed by atoms with Crippen molar-refractivity contribution < 1.29 is 13.0 Å². The number of likely N-dealkylation sites (tertiary alicyclic amines) is 1. The second-order valence-corrected chi connectivity index (χ2v) is 4.99. The molecule has 4 nitrogen and oxygen atoms in total. The van der Waals surface area contributed by atoms with E-state index in [1.807, 2.05) is 7.05 Å². The molecule has 0 aliphatic carbocycles. The quantitative estimate of drug-likeness (QED) is 0.637. The van der Waals surface area contributed by atoms with Crippen LogP contribution in [0.2, 0.25) is 0 Å². The van der Waals surface area contributed by atoms with Crippen LogP contribution in [0.15, 0.2) is 0 Å². The lowest BCUT2D eigenvalue weighted by atomic mass is 10.00. The number of nitrogens with zero attached hydrogens (tertiary/aromatic N) is 1. The van der Waals surface area contributed by atoms with Gasteiger partial charge in [-0.25, -0.2) is 0 Å². The Hall–Kier alpha value is -0.130. The molecule has 1 aliphatic rings. The zero-order valence-corrected chi connectivity index (χ0v) is 8.05. The first kappa shape index (κ1) is 9.95. The molecule has 72 valence electrons. The summed E-state index contributed by atoms with van der Waals surface area (Å²) in [4.78, 5) is 2.17. The molecule has 12 heavy (non-hydrogen) atoms. The number of rotatable bonds is 2. The number of hydrogen-bond acceptors (Lipinski definition) is 3. The van der Waals surface area contributed by atoms with Crippen LogP contribution < -0.4 is 0 Å². The highest BCUT2D eigenvalue weighted by Crippen LogP contribution is 2.17. The molecule has 0 amide bonds. The molecule has 0 bridgehead atoms. The smallest absolute Gasteiger partial charge is 0.265 e. The Morgan fingerprint density at radius 3 is 2.33 bits per heavy atom. The molecule has 5 heteroatoms. The van der Waals surface area contributed by atoms with Crippen LogP contribution >= 0.6 is 0 Å². The maximum Gasteiger partial charge on any atom is 0.265 e. The Morgan fingerprint density at radius 1 is 1.42 bits per heavy atom. The van der Waals surface area contributed by atoms with Crippen molar-refractivity contribution in [1.82, 2.24) is 4.90 Å². The normalized spacial score (nSPS) is 22.8. The fraction of sp³-hybridized carbons (Fsp3) is 1.00. The molecule has 1 rings (SSSR count). The van der Waals surface area contributed by atoms with Crippen molar-refractivity contribution in [2.45, 2.75) is 12.8 Å². The Labute approximate surface area is 73.3 Å². The molecular formula is C7H15NO3S. The van der Waals surface area contributed by atoms with E-state index in [4.69, 9.17) is 4.55 Å². The van der Waals surface area contributed by atoms with Crippen molar-refractivity contribution in [2.24, 2.45) is 5.92 Å². The summed E-state index contributed by atoms with van der Waals surface area (Å²) in [5.41, 5.74) is 0. The summed E-state index contributed by atoms with van der Waals surface area (Å²) in [6.45, 7) is 1.86. The Kier molecular flexibility index (Phi) is 3.09. The van der Waals surface area contributed by atoms with Gasteiger partial charge < -0.3 is 4.90 Å². The molecule has 1 heterocycles. The molecule has 1 aliphatic heterocycles. The van der Waals surface area contributed by atoms with Crippen molar-refractivity contribution >= 4 is 10.1 Å². The predicted molar refractivity (Wildman–Crippen MR) is 46.6 cm³/mol. The van der Waals surface area contributed by atoms with Crippen LogP contribution in [0.25, 0.3) is 0 Å². The van der Waals surface area contributed by atoms with Crippen LogP contribution in [0.3, 0.4) is 0 Å². The second kappa shape index (κ2) is 3.72. The zero-order chi connectivity index (χ0) is 9.19. The van der Waals surface area contributed by atoms with Crippen molar-refractivity contribution in [1.29, 1.82) is 0 Å². The topological polar surface area (TPSA) is 57.6 Å². The van der Waals surface area contributed by atoms with Gasteiger partial charge in [-0.2, -0.15) is 8.42 Å². The molecule has 1 fully saturated rings. The summed E-state index contributed by atoms with van der Waals surface area (Å²) in [5.74, 6) is 0.0806. The third-order valence-corrected chi connectivity index (χ3v) is 3.18. The lowest BCUT2D eigenvalue weighted by Crippen LogP contribution is -2.33. The van der Waals surface area contributed by atoms with E-state index in [0.717, 1.165) is 25.9 Å². The molecular weight excluding hydrogens is 178 g/mol. The molecule has 0 aromatic rings. The van der Waals surface area contributed by atoms with Crippen molar-refractivity contribution in [2.75, 3.05) is 25.9 Å². The van der Waals surface area contributed by atoms with Crippen LogP contribution in [-0.2, 0) is 10.1 Å². The molecule has 1 saturated heterocycles. The van der Waals surface area contributed by atoms with E-state index in [9.17, 15) is 8.42 Å². The van der Waals surface area contributed by atoms with Crippen molar-refractivity contribution in [3.63, 3.8) is 0 Å². The van der Waals surface area contributed by atoms with E-state index in [0.29, 0.717) is 0 Å². The summed E-state index contributed by atoms with van der Waals surface area (Å²) >= 11 is 0. The molecule has 0 atom stereocenters. The largest absolute Gasteiger partial charge is 0.306 e. The van der Waals surface area contributed by atoms with E-state index in [-0.39, 0.29) is 11.7 Å². The van der Waals surface area contributed by atoms with Crippen LogP contribution in [0.5, 0.6) is 0 Å². The third-order valence-electron chi connectivity index (χ3n) is 2.28. The lowest BCUT2D eigenvalue weighted by Gasteiger charge is -2.27. The van der Waals surface area contributed by atoms with Gasteiger partial charge in [0.15, 0.2) is 0 Å². The van der Waals surface area contributed by atoms with Gasteiger partial charge in [-0.1, -0.05) is 0 Å². The zero-order valence-electron chi connectivity index (χ0n) is 7.23. The van der Waals surface area contributed by atoms with Crippen LogP contribution in [0.4, 0.5) is 0 Å². The minimum atomic E-state index is -3.76. The fourth-order valence-electron chi connectivity index (χ4n) is 1.53. The Bertz CT molecular complexity index is 229. The van der Waals surface area contributed by atoms with E-state index in [1.165, 1.54) is 0 Å². The molecule has 0 aromatic heterocycles. The second-order valence-electron chi connectivity index (χ2n) is 3.50. The lowest BCUT2D eigenvalue weighted by molar-refractivity contribution is 0.229. The van der Waals surface area contributed by atoms with Crippen molar-refractivity contribution in [3.8, 4) is 0 Å². The van der Waals surface area contributed by atoms with Gasteiger partial charge in [-0.3, -0.25) is 4.55 Å². The van der Waals surface area contributed by atoms with E-state index in [1.54, 1.807) is 0 Å². The highest BCUT2D eigenvalue weighted by atomic mass is 32.2. The molecule has 0 aromatic carbocycles. The molecule has 1 N–H and O–H groups in total. The van der Waals surface area contributed by atoms with Gasteiger partial charge in [0.25, 0.3) is 10.1 Å². The molecule has 0 radical (unpaired) electrons. The van der Waals surface area contributed by atoms with Gasteiger partial charge in [0.05, 0.1) is 5.75 Å². The molecule has 0 unspecified atom stereocenters. The average Bonchev–Trinajstić information content (AvgIpc) is 1.91. The number of piperidine rings is 1. The van der Waals surface area contributed by atoms with Gasteiger partial charge >= 0.3 is 0 Å². The van der Waals surface area contributed by atoms with Crippen LogP contribution in [0, 0.1) is 5.92 Å². The fourth-order valence-corrected chi connectivity index (χ4v) is 2.46. The first-order valence-electron chi connectivity index (χ1n) is 4.11. The van der Waals surface area contributed by atoms with Gasteiger partial charge in [0.1, 0.15) is 0 Å². The molecule has 0 saturated carbocycles. The molecule has 0 spiro atoms. The van der Waals surface area contributed by atoms with E-state index < -0.39 is 10.1 Å². The monoisotopic (exact) mass is 193 g/mol. The first-order valence-corrected chi connectivity index (χ1v) is 5.72. The van der Waals surface area contributed by atoms with Crippen LogP contribution in [-0.4, -0.2) is 43.8 Å². The summed E-state index contributed by atoms with van der Waals surface area (Å²) < 4.78 is 29.6. The maximum absolute atomic E-state index is 10.5. The van der Waals surface area contributed by atoms with Gasteiger partial charge in [-0.05, 0) is 38.9 Å². The predicted octanol–water partition coefficient (Wildman–Crippen LogP) is 0.216. The minimum Gasteiger partial charge on any atom is -0.306 e. The van der Waals surface area contributed by atoms with E-state index >= 15 is 0 Å². The SMILES string of the molecule is CN1CCC(CS(=O)(=O)O)CC1. The minimum absolute atomic E-state index is 0.0686. The Balaban J connectivity index is 2.36. The standard InChI is InChI=1S/C7H15NO3S/c1-8-4-2-7(3-5-8)6-12(9,10)11/h7H,2-6H2,1H3,(H,9,10,11). The first-order chi connectivity index (χ1) is 5.47. The van der Waals surface area contributed by atoms with E-state index in [2.05, 4.69) is 4.90 Å². The summed E-state index contributed by atoms with van der Waals surface area (Å²) in [7, 11) is -1.74. The van der Waals surface area contributed by atoms with Crippen molar-refractivity contribution in [3.05, 3.63) is 0 Å². The highest BCUT2D eigenvalue weighted by Gasteiger charge is 2.21. The summed E-state index contributed by atoms with van der Waals surface area (Å²) in [6.07, 6.45) is 1.74. The summed E-state index contributed by atoms with van der Waals surface area (Å²) in [6, 6.07) is 0. The maximum atomic E-state index is 10.5. The highest BCUT2D eigenvalue weighted by molar-refractivity contribution is 7.85. The van der Waals surface area contributed by atoms with Gasteiger partial charge in [0, 0.05) is 0 Å². The summed E-state index contributed by atoms with van der Waals surface area (Å²) in [5, 5.41) is 0. The Morgan fingerprint density at radius 2 is 1.92 bits per heavy atom. The van der Waals surface area contributed by atoms with Crippen LogP contribution in [0.1, 0.15) is 12.8 Å². The number of hydrogen-bond donors (Lipinski definition) is 1.